The van der Waals surface area contributed by atoms with Crippen molar-refractivity contribution in [3.8, 4) is 0 Å². The van der Waals surface area contributed by atoms with Crippen LogP contribution in [0.15, 0.2) is 18.2 Å². The van der Waals surface area contributed by atoms with Crippen molar-refractivity contribution in [1.82, 2.24) is 0 Å². The van der Waals surface area contributed by atoms with Gasteiger partial charge in [0, 0.05) is 5.54 Å². The Morgan fingerprint density at radius 3 is 2.39 bits per heavy atom. The van der Waals surface area contributed by atoms with E-state index in [1.54, 1.807) is 0 Å². The van der Waals surface area contributed by atoms with Gasteiger partial charge in [-0.2, -0.15) is 0 Å². The second kappa shape index (κ2) is 4.70. The molecule has 2 N–H and O–H groups in total. The standard InChI is InChI=1S/C17H27N/c1-13-6-7-15(14(2)12-13)17(18)9-5-8-16(3,4)10-11-17/h6-7,12H,5,8-11,18H2,1-4H3. The third kappa shape index (κ3) is 2.77. The molecule has 1 heteroatoms. The Balaban J connectivity index is 2.30. The summed E-state index contributed by atoms with van der Waals surface area (Å²) < 4.78 is 0. The quantitative estimate of drug-likeness (QED) is 0.727. The lowest BCUT2D eigenvalue weighted by Gasteiger charge is -2.31. The second-order valence-electron chi connectivity index (χ2n) is 6.99. The van der Waals surface area contributed by atoms with Crippen LogP contribution in [0.3, 0.4) is 0 Å². The van der Waals surface area contributed by atoms with Gasteiger partial charge < -0.3 is 5.73 Å². The Hall–Kier alpha value is -0.820. The fraction of sp³-hybridized carbons (Fsp3) is 0.647. The van der Waals surface area contributed by atoms with Crippen molar-refractivity contribution in [3.63, 3.8) is 0 Å². The van der Waals surface area contributed by atoms with Crippen LogP contribution in [0.1, 0.15) is 62.6 Å². The van der Waals surface area contributed by atoms with Crippen molar-refractivity contribution >= 4 is 0 Å². The van der Waals surface area contributed by atoms with Crippen LogP contribution in [0, 0.1) is 19.3 Å². The Labute approximate surface area is 112 Å². The van der Waals surface area contributed by atoms with Crippen molar-refractivity contribution in [2.75, 3.05) is 0 Å². The zero-order valence-electron chi connectivity index (χ0n) is 12.3. The molecule has 0 spiro atoms. The van der Waals surface area contributed by atoms with Gasteiger partial charge in [0.1, 0.15) is 0 Å². The lowest BCUT2D eigenvalue weighted by Crippen LogP contribution is -2.37. The van der Waals surface area contributed by atoms with Gasteiger partial charge in [0.15, 0.2) is 0 Å². The predicted octanol–water partition coefficient (Wildman–Crippen LogP) is 4.45. The highest BCUT2D eigenvalue weighted by Crippen LogP contribution is 2.42. The minimum atomic E-state index is -0.106. The molecule has 1 aliphatic rings. The molecule has 1 aromatic carbocycles. The van der Waals surface area contributed by atoms with Gasteiger partial charge in [-0.1, -0.05) is 44.0 Å². The van der Waals surface area contributed by atoms with Crippen molar-refractivity contribution < 1.29 is 0 Å². The molecule has 18 heavy (non-hydrogen) atoms. The Bertz CT molecular complexity index is 433. The molecule has 1 unspecified atom stereocenters. The van der Waals surface area contributed by atoms with Gasteiger partial charge in [-0.25, -0.2) is 0 Å². The third-order valence-corrected chi connectivity index (χ3v) is 4.64. The minimum absolute atomic E-state index is 0.106. The zero-order valence-corrected chi connectivity index (χ0v) is 12.3. The molecule has 1 nitrogen and oxygen atoms in total. The summed E-state index contributed by atoms with van der Waals surface area (Å²) in [7, 11) is 0. The van der Waals surface area contributed by atoms with Crippen LogP contribution in [-0.2, 0) is 5.54 Å². The fourth-order valence-corrected chi connectivity index (χ4v) is 3.34. The van der Waals surface area contributed by atoms with Crippen LogP contribution >= 0.6 is 0 Å². The molecule has 1 saturated carbocycles. The topological polar surface area (TPSA) is 26.0 Å². The molecule has 0 aromatic heterocycles. The molecule has 1 aliphatic carbocycles. The Kier molecular flexibility index (Phi) is 3.55. The lowest BCUT2D eigenvalue weighted by atomic mass is 9.79. The van der Waals surface area contributed by atoms with E-state index in [9.17, 15) is 0 Å². The zero-order chi connectivity index (χ0) is 13.4. The second-order valence-corrected chi connectivity index (χ2v) is 6.99. The maximum Gasteiger partial charge on any atom is 0.0412 e. The third-order valence-electron chi connectivity index (χ3n) is 4.64. The maximum atomic E-state index is 6.75. The predicted molar refractivity (Wildman–Crippen MR) is 78.6 cm³/mol. The van der Waals surface area contributed by atoms with Gasteiger partial charge >= 0.3 is 0 Å². The highest BCUT2D eigenvalue weighted by molar-refractivity contribution is 5.36. The Morgan fingerprint density at radius 1 is 1.00 bits per heavy atom. The van der Waals surface area contributed by atoms with Crippen LogP contribution < -0.4 is 5.73 Å². The Morgan fingerprint density at radius 2 is 1.72 bits per heavy atom. The van der Waals surface area contributed by atoms with E-state index < -0.39 is 0 Å². The molecule has 2 rings (SSSR count). The molecule has 0 amide bonds. The summed E-state index contributed by atoms with van der Waals surface area (Å²) in [4.78, 5) is 0. The summed E-state index contributed by atoms with van der Waals surface area (Å²) in [5.74, 6) is 0. The lowest BCUT2D eigenvalue weighted by molar-refractivity contribution is 0.299. The van der Waals surface area contributed by atoms with E-state index in [0.29, 0.717) is 5.41 Å². The first-order valence-electron chi connectivity index (χ1n) is 7.19. The normalized spacial score (nSPS) is 27.8. The number of hydrogen-bond acceptors (Lipinski definition) is 1. The highest BCUT2D eigenvalue weighted by atomic mass is 14.7. The number of benzene rings is 1. The van der Waals surface area contributed by atoms with E-state index in [1.165, 1.54) is 36.0 Å². The van der Waals surface area contributed by atoms with Crippen LogP contribution in [0.4, 0.5) is 0 Å². The first-order valence-corrected chi connectivity index (χ1v) is 7.19. The molecule has 0 heterocycles. The van der Waals surface area contributed by atoms with Crippen molar-refractivity contribution in [1.29, 1.82) is 0 Å². The fourth-order valence-electron chi connectivity index (χ4n) is 3.34. The van der Waals surface area contributed by atoms with Crippen LogP contribution in [0.5, 0.6) is 0 Å². The van der Waals surface area contributed by atoms with Crippen molar-refractivity contribution in [2.45, 2.75) is 65.3 Å². The largest absolute Gasteiger partial charge is 0.321 e. The van der Waals surface area contributed by atoms with E-state index in [4.69, 9.17) is 5.73 Å². The number of aryl methyl sites for hydroxylation is 2. The van der Waals surface area contributed by atoms with Crippen LogP contribution in [0.25, 0.3) is 0 Å². The highest BCUT2D eigenvalue weighted by Gasteiger charge is 2.34. The number of rotatable bonds is 1. The smallest absolute Gasteiger partial charge is 0.0412 e. The molecule has 0 aliphatic heterocycles. The summed E-state index contributed by atoms with van der Waals surface area (Å²) in [6.45, 7) is 9.10. The molecular formula is C17H27N. The molecular weight excluding hydrogens is 218 g/mol. The molecule has 1 fully saturated rings. The van der Waals surface area contributed by atoms with Gasteiger partial charge in [-0.05, 0) is 56.1 Å². The molecule has 1 atom stereocenters. The molecule has 0 radical (unpaired) electrons. The van der Waals surface area contributed by atoms with Gasteiger partial charge in [-0.3, -0.25) is 0 Å². The van der Waals surface area contributed by atoms with Crippen LogP contribution in [-0.4, -0.2) is 0 Å². The molecule has 0 saturated heterocycles. The average molecular weight is 245 g/mol. The van der Waals surface area contributed by atoms with E-state index >= 15 is 0 Å². The maximum absolute atomic E-state index is 6.75. The number of hydrogen-bond donors (Lipinski definition) is 1. The molecule has 100 valence electrons. The first kappa shape index (κ1) is 13.6. The van der Waals surface area contributed by atoms with E-state index in [-0.39, 0.29) is 5.54 Å². The summed E-state index contributed by atoms with van der Waals surface area (Å²) in [5, 5.41) is 0. The monoisotopic (exact) mass is 245 g/mol. The molecule has 1 aromatic rings. The van der Waals surface area contributed by atoms with Gasteiger partial charge in [0.25, 0.3) is 0 Å². The van der Waals surface area contributed by atoms with E-state index in [0.717, 1.165) is 12.8 Å². The first-order chi connectivity index (χ1) is 8.32. The van der Waals surface area contributed by atoms with E-state index in [2.05, 4.69) is 45.9 Å². The molecule has 0 bridgehead atoms. The minimum Gasteiger partial charge on any atom is -0.321 e. The summed E-state index contributed by atoms with van der Waals surface area (Å²) in [5.41, 5.74) is 11.2. The number of nitrogens with two attached hydrogens (primary N) is 1. The van der Waals surface area contributed by atoms with Gasteiger partial charge in [0.2, 0.25) is 0 Å². The van der Waals surface area contributed by atoms with Crippen molar-refractivity contribution in [3.05, 3.63) is 34.9 Å². The van der Waals surface area contributed by atoms with Crippen LogP contribution in [0.2, 0.25) is 0 Å². The average Bonchev–Trinajstić information content (AvgIpc) is 2.39. The van der Waals surface area contributed by atoms with Crippen molar-refractivity contribution in [2.24, 2.45) is 11.1 Å². The van der Waals surface area contributed by atoms with E-state index in [1.807, 2.05) is 0 Å². The summed E-state index contributed by atoms with van der Waals surface area (Å²) in [6, 6.07) is 6.72. The van der Waals surface area contributed by atoms with Gasteiger partial charge in [-0.15, -0.1) is 0 Å². The summed E-state index contributed by atoms with van der Waals surface area (Å²) >= 11 is 0. The SMILES string of the molecule is Cc1ccc(C2(N)CCCC(C)(C)CC2)c(C)c1. The summed E-state index contributed by atoms with van der Waals surface area (Å²) in [6.07, 6.45) is 6.02. The van der Waals surface area contributed by atoms with Gasteiger partial charge in [0.05, 0.1) is 0 Å².